The summed E-state index contributed by atoms with van der Waals surface area (Å²) in [6, 6.07) is 12.6. The van der Waals surface area contributed by atoms with E-state index in [-0.39, 0.29) is 24.0 Å². The molecule has 0 spiro atoms. The maximum Gasteiger partial charge on any atom is 0.258 e. The number of hydrogen-bond acceptors (Lipinski definition) is 4. The average Bonchev–Trinajstić information content (AvgIpc) is 3.39. The third-order valence-corrected chi connectivity index (χ3v) is 7.84. The van der Waals surface area contributed by atoms with Crippen LogP contribution >= 0.6 is 11.6 Å². The van der Waals surface area contributed by atoms with E-state index in [9.17, 15) is 13.2 Å². The topological polar surface area (TPSA) is 85.5 Å². The molecule has 5 rings (SSSR count). The Labute approximate surface area is 179 Å². The Kier molecular flexibility index (Phi) is 4.82. The molecule has 1 amide bonds. The number of amides is 1. The van der Waals surface area contributed by atoms with Crippen molar-refractivity contribution in [3.05, 3.63) is 64.2 Å². The van der Waals surface area contributed by atoms with Crippen molar-refractivity contribution in [1.29, 1.82) is 0 Å². The van der Waals surface area contributed by atoms with Gasteiger partial charge in [0.25, 0.3) is 15.9 Å². The Hall–Kier alpha value is -2.39. The van der Waals surface area contributed by atoms with Gasteiger partial charge < -0.3 is 15.2 Å². The van der Waals surface area contributed by atoms with E-state index in [1.807, 2.05) is 18.2 Å². The highest BCUT2D eigenvalue weighted by molar-refractivity contribution is 7.89. The van der Waals surface area contributed by atoms with Gasteiger partial charge >= 0.3 is 0 Å². The summed E-state index contributed by atoms with van der Waals surface area (Å²) in [4.78, 5) is 17.6. The Morgan fingerprint density at radius 1 is 0.933 bits per heavy atom. The van der Waals surface area contributed by atoms with Crippen LogP contribution in [0.3, 0.4) is 0 Å². The van der Waals surface area contributed by atoms with Crippen LogP contribution in [0.25, 0.3) is 10.9 Å². The zero-order valence-corrected chi connectivity index (χ0v) is 17.8. The van der Waals surface area contributed by atoms with Gasteiger partial charge in [-0.1, -0.05) is 17.7 Å². The number of halogens is 1. The average molecular weight is 445 g/mol. The minimum atomic E-state index is -3.67. The standard InChI is InChI=1S/C21H21ClN4O3S/c22-18-3-4-19-16(10-18)11-20(24-19)30(28,29)26-7-5-25(6-8-26)21(27)14-1-2-15-12-23-13-17(15)9-14/h1-4,9-11,23-24H,5-8,12-13H2. The van der Waals surface area contributed by atoms with E-state index in [4.69, 9.17) is 11.6 Å². The highest BCUT2D eigenvalue weighted by Gasteiger charge is 2.31. The molecule has 0 radical (unpaired) electrons. The van der Waals surface area contributed by atoms with Gasteiger partial charge in [-0.2, -0.15) is 4.31 Å². The zero-order valence-electron chi connectivity index (χ0n) is 16.2. The SMILES string of the molecule is O=C(c1ccc2c(c1)CNC2)N1CCN(S(=O)(=O)c2cc3cc(Cl)ccc3[nH]2)CC1. The summed E-state index contributed by atoms with van der Waals surface area (Å²) in [5, 5.41) is 4.73. The minimum Gasteiger partial charge on any atom is -0.345 e. The molecule has 3 heterocycles. The van der Waals surface area contributed by atoms with E-state index < -0.39 is 10.0 Å². The largest absolute Gasteiger partial charge is 0.345 e. The van der Waals surface area contributed by atoms with Crippen molar-refractivity contribution < 1.29 is 13.2 Å². The lowest BCUT2D eigenvalue weighted by molar-refractivity contribution is 0.0697. The number of piperazine rings is 1. The number of rotatable bonds is 3. The monoisotopic (exact) mass is 444 g/mol. The lowest BCUT2D eigenvalue weighted by Crippen LogP contribution is -2.50. The molecule has 2 aliphatic heterocycles. The van der Waals surface area contributed by atoms with Crippen LogP contribution in [0.5, 0.6) is 0 Å². The molecule has 2 N–H and O–H groups in total. The first kappa shape index (κ1) is 19.6. The van der Waals surface area contributed by atoms with Crippen molar-refractivity contribution in [3.8, 4) is 0 Å². The quantitative estimate of drug-likeness (QED) is 0.650. The number of aromatic nitrogens is 1. The van der Waals surface area contributed by atoms with Crippen LogP contribution in [0, 0.1) is 0 Å². The summed E-state index contributed by atoms with van der Waals surface area (Å²) >= 11 is 6.00. The van der Waals surface area contributed by atoms with Gasteiger partial charge in [0.05, 0.1) is 0 Å². The highest BCUT2D eigenvalue weighted by atomic mass is 35.5. The highest BCUT2D eigenvalue weighted by Crippen LogP contribution is 2.25. The molecule has 0 atom stereocenters. The van der Waals surface area contributed by atoms with Gasteiger partial charge in [0.15, 0.2) is 0 Å². The molecule has 156 valence electrons. The Morgan fingerprint density at radius 3 is 2.50 bits per heavy atom. The predicted octanol–water partition coefficient (Wildman–Crippen LogP) is 2.57. The third-order valence-electron chi connectivity index (χ3n) is 5.79. The second kappa shape index (κ2) is 7.39. The van der Waals surface area contributed by atoms with E-state index >= 15 is 0 Å². The van der Waals surface area contributed by atoms with Gasteiger partial charge in [-0.05, 0) is 47.5 Å². The molecule has 1 aromatic heterocycles. The van der Waals surface area contributed by atoms with E-state index in [2.05, 4.69) is 10.3 Å². The van der Waals surface area contributed by atoms with Crippen molar-refractivity contribution >= 4 is 38.4 Å². The molecule has 30 heavy (non-hydrogen) atoms. The van der Waals surface area contributed by atoms with Crippen molar-refractivity contribution in [2.75, 3.05) is 26.2 Å². The summed E-state index contributed by atoms with van der Waals surface area (Å²) in [6.07, 6.45) is 0. The number of sulfonamides is 1. The molecule has 0 aliphatic carbocycles. The van der Waals surface area contributed by atoms with Gasteiger partial charge in [0.1, 0.15) is 5.03 Å². The fourth-order valence-corrected chi connectivity index (χ4v) is 5.71. The number of carbonyl (C=O) groups excluding carboxylic acids is 1. The summed E-state index contributed by atoms with van der Waals surface area (Å²) < 4.78 is 27.6. The fourth-order valence-electron chi connectivity index (χ4n) is 4.10. The molecule has 7 nitrogen and oxygen atoms in total. The molecular formula is C21H21ClN4O3S. The summed E-state index contributed by atoms with van der Waals surface area (Å²) in [5.41, 5.74) is 3.75. The van der Waals surface area contributed by atoms with Crippen LogP contribution in [0.1, 0.15) is 21.5 Å². The number of H-pyrrole nitrogens is 1. The second-order valence-corrected chi connectivity index (χ2v) is 9.99. The fraction of sp³-hybridized carbons (Fsp3) is 0.286. The molecule has 1 saturated heterocycles. The molecule has 0 bridgehead atoms. The zero-order chi connectivity index (χ0) is 20.9. The van der Waals surface area contributed by atoms with Crippen LogP contribution < -0.4 is 5.32 Å². The van der Waals surface area contributed by atoms with Crippen LogP contribution in [0.4, 0.5) is 0 Å². The number of aromatic amines is 1. The normalized spacial score (nSPS) is 17.4. The van der Waals surface area contributed by atoms with Crippen molar-refractivity contribution in [1.82, 2.24) is 19.5 Å². The predicted molar refractivity (Wildman–Crippen MR) is 115 cm³/mol. The van der Waals surface area contributed by atoms with Crippen LogP contribution in [0.15, 0.2) is 47.5 Å². The summed E-state index contributed by atoms with van der Waals surface area (Å²) in [7, 11) is -3.67. The van der Waals surface area contributed by atoms with E-state index in [1.165, 1.54) is 9.87 Å². The first-order valence-electron chi connectivity index (χ1n) is 9.82. The van der Waals surface area contributed by atoms with Gasteiger partial charge in [0.2, 0.25) is 0 Å². The molecule has 3 aromatic rings. The van der Waals surface area contributed by atoms with Crippen molar-refractivity contribution in [3.63, 3.8) is 0 Å². The molecule has 9 heteroatoms. The smallest absolute Gasteiger partial charge is 0.258 e. The summed E-state index contributed by atoms with van der Waals surface area (Å²) in [5.74, 6) is -0.0537. The number of hydrogen-bond donors (Lipinski definition) is 2. The molecule has 2 aromatic carbocycles. The van der Waals surface area contributed by atoms with Gasteiger partial charge in [0, 0.05) is 60.8 Å². The van der Waals surface area contributed by atoms with Gasteiger partial charge in [-0.15, -0.1) is 0 Å². The third kappa shape index (κ3) is 3.39. The Balaban J connectivity index is 1.30. The van der Waals surface area contributed by atoms with E-state index in [0.717, 1.165) is 29.6 Å². The molecule has 0 unspecified atom stereocenters. The molecule has 2 aliphatic rings. The first-order chi connectivity index (χ1) is 14.4. The number of nitrogens with one attached hydrogen (secondary N) is 2. The molecule has 0 saturated carbocycles. The van der Waals surface area contributed by atoms with E-state index in [1.54, 1.807) is 29.2 Å². The lowest BCUT2D eigenvalue weighted by Gasteiger charge is -2.33. The van der Waals surface area contributed by atoms with Crippen LogP contribution in [0.2, 0.25) is 5.02 Å². The summed E-state index contributed by atoms with van der Waals surface area (Å²) in [6.45, 7) is 2.85. The molecular weight excluding hydrogens is 424 g/mol. The first-order valence-corrected chi connectivity index (χ1v) is 11.6. The van der Waals surface area contributed by atoms with Crippen molar-refractivity contribution in [2.45, 2.75) is 18.1 Å². The second-order valence-electron chi connectivity index (χ2n) is 7.65. The number of nitrogens with zero attached hydrogens (tertiary/aromatic N) is 2. The molecule has 1 fully saturated rings. The number of carbonyl (C=O) groups is 1. The lowest BCUT2D eigenvalue weighted by atomic mass is 10.1. The van der Waals surface area contributed by atoms with Crippen LogP contribution in [-0.2, 0) is 23.1 Å². The minimum absolute atomic E-state index is 0.0537. The maximum absolute atomic E-state index is 13.1. The van der Waals surface area contributed by atoms with Gasteiger partial charge in [-0.3, -0.25) is 4.79 Å². The van der Waals surface area contributed by atoms with Gasteiger partial charge in [-0.25, -0.2) is 8.42 Å². The maximum atomic E-state index is 13.1. The number of benzene rings is 2. The Morgan fingerprint density at radius 2 is 1.70 bits per heavy atom. The van der Waals surface area contributed by atoms with E-state index in [0.29, 0.717) is 23.7 Å². The number of fused-ring (bicyclic) bond motifs is 2. The Bertz CT molecular complexity index is 1250. The van der Waals surface area contributed by atoms with Crippen molar-refractivity contribution in [2.24, 2.45) is 0 Å². The van der Waals surface area contributed by atoms with Crippen LogP contribution in [-0.4, -0.2) is 54.7 Å².